The van der Waals surface area contributed by atoms with E-state index in [2.05, 4.69) is 0 Å². The molecule has 0 spiro atoms. The lowest BCUT2D eigenvalue weighted by Crippen LogP contribution is -2.63. The van der Waals surface area contributed by atoms with E-state index in [1.165, 1.54) is 19.1 Å². The summed E-state index contributed by atoms with van der Waals surface area (Å²) in [6.07, 6.45) is -4.39. The Morgan fingerprint density at radius 2 is 1.42 bits per heavy atom. The van der Waals surface area contributed by atoms with E-state index in [1.807, 2.05) is 0 Å². The third-order valence-corrected chi connectivity index (χ3v) is 4.09. The molecule has 0 amide bonds. The summed E-state index contributed by atoms with van der Waals surface area (Å²) in [5.74, 6) is -3.40. The molecule has 6 atom stereocenters. The molecular weight excluding hydrogens is 420 g/mol. The summed E-state index contributed by atoms with van der Waals surface area (Å²) in [5, 5.41) is 0. The van der Waals surface area contributed by atoms with Gasteiger partial charge in [0.15, 0.2) is 24.6 Å². The highest BCUT2D eigenvalue weighted by molar-refractivity contribution is 5.84. The second kappa shape index (κ2) is 10.9. The zero-order valence-corrected chi connectivity index (χ0v) is 17.4. The molecule has 0 unspecified atom stereocenters. The highest BCUT2D eigenvalue weighted by Crippen LogP contribution is 2.30. The van der Waals surface area contributed by atoms with Gasteiger partial charge < -0.3 is 33.2 Å². The average molecular weight is 444 g/mol. The molecule has 1 saturated heterocycles. The summed E-state index contributed by atoms with van der Waals surface area (Å²) in [6, 6.07) is 0. The largest absolute Gasteiger partial charge is 0.463 e. The molecule has 1 fully saturated rings. The first-order valence-corrected chi connectivity index (χ1v) is 9.37. The number of rotatable bonds is 8. The minimum atomic E-state index is -1.33. The number of cyclic esters (lactones) is 1. The summed E-state index contributed by atoms with van der Waals surface area (Å²) in [4.78, 5) is 57.5. The Morgan fingerprint density at radius 1 is 0.839 bits per heavy atom. The standard InChI is InChI=1S/C19H24O12/c1-9(20)25-8-14-16(27-10(2)21)17(28-11(3)22)18(29-12(4)23)19(31-14)26-7-13-5-6-15(24)30-13/h5-6,13-14,16-19H,7-8H2,1-4H3/t13-,14+,16+,17-,18+,19+/m0/s1. The van der Waals surface area contributed by atoms with Gasteiger partial charge in [-0.3, -0.25) is 19.2 Å². The summed E-state index contributed by atoms with van der Waals surface area (Å²) in [7, 11) is 0. The molecule has 0 N–H and O–H groups in total. The molecular formula is C19H24O12. The van der Waals surface area contributed by atoms with E-state index in [4.69, 9.17) is 33.2 Å². The van der Waals surface area contributed by atoms with Crippen molar-refractivity contribution in [2.45, 2.75) is 64.5 Å². The number of hydrogen-bond donors (Lipinski definition) is 0. The number of carbonyl (C=O) groups excluding carboxylic acids is 5. The maximum absolute atomic E-state index is 11.7. The maximum Gasteiger partial charge on any atom is 0.331 e. The van der Waals surface area contributed by atoms with Crippen molar-refractivity contribution in [3.8, 4) is 0 Å². The van der Waals surface area contributed by atoms with Crippen LogP contribution in [0.3, 0.4) is 0 Å². The number of ether oxygens (including phenoxy) is 7. The Balaban J connectivity index is 2.30. The average Bonchev–Trinajstić information content (AvgIpc) is 3.06. The highest BCUT2D eigenvalue weighted by Gasteiger charge is 2.52. The molecule has 0 aromatic heterocycles. The Bertz CT molecular complexity index is 744. The van der Waals surface area contributed by atoms with Crippen LogP contribution < -0.4 is 0 Å². The fourth-order valence-electron chi connectivity index (χ4n) is 3.02. The van der Waals surface area contributed by atoms with Crippen LogP contribution in [-0.2, 0) is 57.1 Å². The van der Waals surface area contributed by atoms with Crippen molar-refractivity contribution < 1.29 is 57.1 Å². The Labute approximate surface area is 177 Å². The molecule has 12 nitrogen and oxygen atoms in total. The van der Waals surface area contributed by atoms with Gasteiger partial charge in [0.05, 0.1) is 6.61 Å². The summed E-state index contributed by atoms with van der Waals surface area (Å²) in [6.45, 7) is 3.99. The first-order chi connectivity index (χ1) is 14.6. The topological polar surface area (TPSA) is 150 Å². The van der Waals surface area contributed by atoms with Gasteiger partial charge >= 0.3 is 29.8 Å². The van der Waals surface area contributed by atoms with Crippen LogP contribution in [0.15, 0.2) is 12.2 Å². The van der Waals surface area contributed by atoms with Gasteiger partial charge in [-0.25, -0.2) is 4.79 Å². The molecule has 2 aliphatic heterocycles. The molecule has 0 aromatic carbocycles. The quantitative estimate of drug-likeness (QED) is 0.353. The van der Waals surface area contributed by atoms with Gasteiger partial charge in [-0.15, -0.1) is 0 Å². The lowest BCUT2D eigenvalue weighted by Gasteiger charge is -2.44. The van der Waals surface area contributed by atoms with Crippen molar-refractivity contribution in [1.82, 2.24) is 0 Å². The van der Waals surface area contributed by atoms with Crippen molar-refractivity contribution in [2.24, 2.45) is 0 Å². The van der Waals surface area contributed by atoms with Crippen molar-refractivity contribution in [1.29, 1.82) is 0 Å². The SMILES string of the molecule is CC(=O)OC[C@H]1O[C@@H](OC[C@@H]2C=CC(=O)O2)[C@H](OC(C)=O)[C@@H](OC(C)=O)[C@@H]1OC(C)=O. The lowest BCUT2D eigenvalue weighted by atomic mass is 9.98. The molecule has 2 heterocycles. The molecule has 0 aromatic rings. The lowest BCUT2D eigenvalue weighted by molar-refractivity contribution is -0.310. The molecule has 0 saturated carbocycles. The van der Waals surface area contributed by atoms with Crippen molar-refractivity contribution >= 4 is 29.8 Å². The number of carbonyl (C=O) groups is 5. The third-order valence-electron chi connectivity index (χ3n) is 4.09. The smallest absolute Gasteiger partial charge is 0.331 e. The first-order valence-electron chi connectivity index (χ1n) is 9.37. The van der Waals surface area contributed by atoms with Gasteiger partial charge in [0.2, 0.25) is 0 Å². The highest BCUT2D eigenvalue weighted by atomic mass is 16.7. The van der Waals surface area contributed by atoms with E-state index in [-0.39, 0.29) is 13.2 Å². The van der Waals surface area contributed by atoms with Crippen molar-refractivity contribution in [3.05, 3.63) is 12.2 Å². The third kappa shape index (κ3) is 7.33. The van der Waals surface area contributed by atoms with E-state index in [9.17, 15) is 24.0 Å². The van der Waals surface area contributed by atoms with Gasteiger partial charge in [0.1, 0.15) is 18.8 Å². The van der Waals surface area contributed by atoms with Crippen LogP contribution in [0.4, 0.5) is 0 Å². The zero-order chi connectivity index (χ0) is 23.1. The molecule has 172 valence electrons. The zero-order valence-electron chi connectivity index (χ0n) is 17.4. The van der Waals surface area contributed by atoms with Crippen LogP contribution in [0.5, 0.6) is 0 Å². The number of hydrogen-bond acceptors (Lipinski definition) is 12. The van der Waals surface area contributed by atoms with Crippen molar-refractivity contribution in [2.75, 3.05) is 13.2 Å². The Morgan fingerprint density at radius 3 is 1.94 bits per heavy atom. The van der Waals surface area contributed by atoms with E-state index in [0.29, 0.717) is 0 Å². The fraction of sp³-hybridized carbons (Fsp3) is 0.632. The summed E-state index contributed by atoms with van der Waals surface area (Å²) < 4.78 is 37.1. The van der Waals surface area contributed by atoms with Gasteiger partial charge in [-0.2, -0.15) is 0 Å². The predicted molar refractivity (Wildman–Crippen MR) is 96.9 cm³/mol. The summed E-state index contributed by atoms with van der Waals surface area (Å²) >= 11 is 0. The molecule has 0 aliphatic carbocycles. The molecule has 12 heteroatoms. The van der Waals surface area contributed by atoms with Crippen LogP contribution in [0.1, 0.15) is 27.7 Å². The summed E-state index contributed by atoms with van der Waals surface area (Å²) in [5.41, 5.74) is 0. The van der Waals surface area contributed by atoms with E-state index in [1.54, 1.807) is 0 Å². The van der Waals surface area contributed by atoms with E-state index in [0.717, 1.165) is 20.8 Å². The molecule has 2 aliphatic rings. The second-order valence-corrected chi connectivity index (χ2v) is 6.74. The first kappa shape index (κ1) is 24.3. The molecule has 0 bridgehead atoms. The normalized spacial score (nSPS) is 29.6. The Hall–Kier alpha value is -2.99. The van der Waals surface area contributed by atoms with E-state index >= 15 is 0 Å². The van der Waals surface area contributed by atoms with Crippen molar-refractivity contribution in [3.63, 3.8) is 0 Å². The van der Waals surface area contributed by atoms with Gasteiger partial charge in [-0.1, -0.05) is 0 Å². The predicted octanol–water partition coefficient (Wildman–Crippen LogP) is -0.432. The fourth-order valence-corrected chi connectivity index (χ4v) is 3.02. The molecule has 2 rings (SSSR count). The minimum Gasteiger partial charge on any atom is -0.463 e. The maximum atomic E-state index is 11.7. The minimum absolute atomic E-state index is 0.171. The molecule has 31 heavy (non-hydrogen) atoms. The molecule has 0 radical (unpaired) electrons. The van der Waals surface area contributed by atoms with Crippen LogP contribution in [-0.4, -0.2) is 79.9 Å². The van der Waals surface area contributed by atoms with Gasteiger partial charge in [-0.05, 0) is 6.08 Å². The van der Waals surface area contributed by atoms with Crippen LogP contribution in [0.2, 0.25) is 0 Å². The van der Waals surface area contributed by atoms with Crippen LogP contribution in [0.25, 0.3) is 0 Å². The Kier molecular flexibility index (Phi) is 8.51. The van der Waals surface area contributed by atoms with Gasteiger partial charge in [0, 0.05) is 33.8 Å². The number of esters is 5. The second-order valence-electron chi connectivity index (χ2n) is 6.74. The van der Waals surface area contributed by atoms with Gasteiger partial charge in [0.25, 0.3) is 0 Å². The van der Waals surface area contributed by atoms with E-state index < -0.39 is 66.7 Å². The van der Waals surface area contributed by atoms with Crippen LogP contribution in [0, 0.1) is 0 Å². The monoisotopic (exact) mass is 444 g/mol. The van der Waals surface area contributed by atoms with Crippen LogP contribution >= 0.6 is 0 Å².